The van der Waals surface area contributed by atoms with E-state index in [1.165, 1.54) is 38.5 Å². The molecule has 11 heteroatoms. The molecule has 5 nitrogen and oxygen atoms in total. The molecule has 0 spiro atoms. The van der Waals surface area contributed by atoms with Crippen LogP contribution in [0.3, 0.4) is 0 Å². The van der Waals surface area contributed by atoms with Crippen molar-refractivity contribution in [3.63, 3.8) is 0 Å². The lowest BCUT2D eigenvalue weighted by atomic mass is 10.0. The lowest BCUT2D eigenvalue weighted by Gasteiger charge is -2.13. The highest BCUT2D eigenvalue weighted by atomic mass is 19.4. The topological polar surface area (TPSA) is 48.7 Å². The van der Waals surface area contributed by atoms with E-state index in [0.29, 0.717) is 27.1 Å². The van der Waals surface area contributed by atoms with Crippen LogP contribution in [-0.4, -0.2) is 28.8 Å². The van der Waals surface area contributed by atoms with Gasteiger partial charge in [0.05, 0.1) is 19.8 Å². The fraction of sp³-hybridized carbons (Fsp3) is 0.182. The van der Waals surface area contributed by atoms with Crippen LogP contribution in [0, 0.1) is 0 Å². The van der Waals surface area contributed by atoms with Crippen molar-refractivity contribution in [2.45, 2.75) is 12.4 Å². The van der Waals surface area contributed by atoms with Gasteiger partial charge >= 0.3 is 12.4 Å². The number of hydrogen-bond acceptors (Lipinski definition) is 4. The first-order chi connectivity index (χ1) is 15.5. The average Bonchev–Trinajstić information content (AvgIpc) is 3.16. The van der Waals surface area contributed by atoms with E-state index in [-0.39, 0.29) is 17.3 Å². The lowest BCUT2D eigenvalue weighted by molar-refractivity contribution is -0.148. The number of methoxy groups -OCH3 is 2. The molecule has 0 saturated carbocycles. The molecule has 0 atom stereocenters. The maximum absolute atomic E-state index is 13.7. The summed E-state index contributed by atoms with van der Waals surface area (Å²) in [6.07, 6.45) is -10.2. The van der Waals surface area contributed by atoms with Gasteiger partial charge in [-0.1, -0.05) is 12.1 Å². The highest BCUT2D eigenvalue weighted by molar-refractivity contribution is 5.90. The summed E-state index contributed by atoms with van der Waals surface area (Å²) >= 11 is 0. The van der Waals surface area contributed by atoms with E-state index in [1.807, 2.05) is 0 Å². The molecular weight excluding hydrogens is 452 g/mol. The first-order valence-electron chi connectivity index (χ1n) is 9.40. The molecule has 33 heavy (non-hydrogen) atoms. The number of rotatable bonds is 4. The van der Waals surface area contributed by atoms with Gasteiger partial charge in [-0.15, -0.1) is 0 Å². The van der Waals surface area contributed by atoms with Gasteiger partial charge in [0, 0.05) is 5.56 Å². The highest BCUT2D eigenvalue weighted by Crippen LogP contribution is 2.41. The molecule has 0 unspecified atom stereocenters. The SMILES string of the molecule is COc1ccc(-c2nn3c(C(F)(F)F)cc(C(F)(F)F)nc3c2-c2ccc(OC)cc2)cc1. The van der Waals surface area contributed by atoms with E-state index in [0.717, 1.165) is 0 Å². The summed E-state index contributed by atoms with van der Waals surface area (Å²) in [5, 5.41) is 4.04. The third-order valence-corrected chi connectivity index (χ3v) is 4.91. The van der Waals surface area contributed by atoms with Gasteiger partial charge in [-0.25, -0.2) is 9.50 Å². The van der Waals surface area contributed by atoms with Gasteiger partial charge in [0.1, 0.15) is 22.9 Å². The molecule has 2 heterocycles. The minimum Gasteiger partial charge on any atom is -0.497 e. The number of halogens is 6. The van der Waals surface area contributed by atoms with Crippen molar-refractivity contribution >= 4 is 5.65 Å². The zero-order chi connectivity index (χ0) is 24.0. The molecule has 0 saturated heterocycles. The first kappa shape index (κ1) is 22.4. The second-order valence-corrected chi connectivity index (χ2v) is 6.94. The number of benzene rings is 2. The Hall–Kier alpha value is -3.76. The molecule has 0 aliphatic rings. The fourth-order valence-electron chi connectivity index (χ4n) is 3.34. The van der Waals surface area contributed by atoms with Gasteiger partial charge in [-0.05, 0) is 48.0 Å². The van der Waals surface area contributed by atoms with Crippen molar-refractivity contribution in [3.8, 4) is 33.9 Å². The zero-order valence-corrected chi connectivity index (χ0v) is 17.1. The Balaban J connectivity index is 2.10. The van der Waals surface area contributed by atoms with Gasteiger partial charge in [0.15, 0.2) is 11.3 Å². The number of alkyl halides is 6. The van der Waals surface area contributed by atoms with Crippen molar-refractivity contribution < 1.29 is 35.8 Å². The van der Waals surface area contributed by atoms with Crippen LogP contribution < -0.4 is 9.47 Å². The summed E-state index contributed by atoms with van der Waals surface area (Å²) < 4.78 is 92.1. The average molecular weight is 467 g/mol. The molecule has 0 N–H and O–H groups in total. The third kappa shape index (κ3) is 4.18. The molecule has 2 aromatic heterocycles. The second-order valence-electron chi connectivity index (χ2n) is 6.94. The summed E-state index contributed by atoms with van der Waals surface area (Å²) in [6.45, 7) is 0. The van der Waals surface area contributed by atoms with Gasteiger partial charge in [0.2, 0.25) is 0 Å². The Bertz CT molecular complexity index is 1290. The normalized spacial score (nSPS) is 12.2. The second kappa shape index (κ2) is 7.98. The molecule has 0 bridgehead atoms. The van der Waals surface area contributed by atoms with E-state index >= 15 is 0 Å². The van der Waals surface area contributed by atoms with Gasteiger partial charge in [-0.2, -0.15) is 31.4 Å². The summed E-state index contributed by atoms with van der Waals surface area (Å²) in [4.78, 5) is 3.54. The largest absolute Gasteiger partial charge is 0.497 e. The quantitative estimate of drug-likeness (QED) is 0.340. The van der Waals surface area contributed by atoms with Crippen molar-refractivity contribution in [2.75, 3.05) is 14.2 Å². The molecule has 172 valence electrons. The molecule has 0 fully saturated rings. The van der Waals surface area contributed by atoms with Gasteiger partial charge in [-0.3, -0.25) is 0 Å². The number of fused-ring (bicyclic) bond motifs is 1. The summed E-state index contributed by atoms with van der Waals surface area (Å²) in [7, 11) is 2.88. The third-order valence-electron chi connectivity index (χ3n) is 4.91. The van der Waals surface area contributed by atoms with Crippen LogP contribution in [0.2, 0.25) is 0 Å². The van der Waals surface area contributed by atoms with Crippen molar-refractivity contribution in [1.29, 1.82) is 0 Å². The minimum absolute atomic E-state index is 0.0134. The van der Waals surface area contributed by atoms with E-state index in [4.69, 9.17) is 9.47 Å². The molecule has 2 aromatic carbocycles. The van der Waals surface area contributed by atoms with Gasteiger partial charge < -0.3 is 9.47 Å². The summed E-state index contributed by atoms with van der Waals surface area (Å²) in [6, 6.07) is 12.3. The smallest absolute Gasteiger partial charge is 0.433 e. The lowest BCUT2D eigenvalue weighted by Crippen LogP contribution is -2.18. The standard InChI is InChI=1S/C22H15F6N3O2/c1-32-14-7-3-12(4-8-14)18-19(13-5-9-15(33-2)10-6-13)30-31-17(22(26,27)28)11-16(21(23,24)25)29-20(18)31/h3-11H,1-2H3. The Kier molecular flexibility index (Phi) is 5.43. The first-order valence-corrected chi connectivity index (χ1v) is 9.40. The van der Waals surface area contributed by atoms with Crippen LogP contribution in [0.15, 0.2) is 54.6 Å². The molecule has 0 radical (unpaired) electrons. The Morgan fingerprint density at radius 2 is 1.24 bits per heavy atom. The van der Waals surface area contributed by atoms with E-state index in [1.54, 1.807) is 24.3 Å². The van der Waals surface area contributed by atoms with Crippen molar-refractivity contribution in [1.82, 2.24) is 14.6 Å². The molecule has 4 rings (SSSR count). The van der Waals surface area contributed by atoms with Crippen LogP contribution in [0.5, 0.6) is 11.5 Å². The van der Waals surface area contributed by atoms with Crippen LogP contribution in [0.4, 0.5) is 26.3 Å². The molecule has 0 amide bonds. The number of aromatic nitrogens is 3. The molecule has 0 aliphatic carbocycles. The maximum atomic E-state index is 13.7. The number of nitrogens with zero attached hydrogens (tertiary/aromatic N) is 3. The Labute approximate surface area is 183 Å². The van der Waals surface area contributed by atoms with Crippen LogP contribution in [0.1, 0.15) is 11.4 Å². The predicted molar refractivity (Wildman–Crippen MR) is 107 cm³/mol. The molecular formula is C22H15F6N3O2. The van der Waals surface area contributed by atoms with Crippen LogP contribution >= 0.6 is 0 Å². The number of ether oxygens (including phenoxy) is 2. The fourth-order valence-corrected chi connectivity index (χ4v) is 3.34. The van der Waals surface area contributed by atoms with Crippen LogP contribution in [-0.2, 0) is 12.4 Å². The van der Waals surface area contributed by atoms with Crippen molar-refractivity contribution in [3.05, 3.63) is 66.0 Å². The van der Waals surface area contributed by atoms with Crippen LogP contribution in [0.25, 0.3) is 28.0 Å². The Morgan fingerprint density at radius 1 is 0.727 bits per heavy atom. The van der Waals surface area contributed by atoms with E-state index < -0.39 is 29.4 Å². The molecule has 4 aromatic rings. The minimum atomic E-state index is -5.11. The van der Waals surface area contributed by atoms with Gasteiger partial charge in [0.25, 0.3) is 0 Å². The monoisotopic (exact) mass is 467 g/mol. The number of hydrogen-bond donors (Lipinski definition) is 0. The predicted octanol–water partition coefficient (Wildman–Crippen LogP) is 6.12. The van der Waals surface area contributed by atoms with E-state index in [2.05, 4.69) is 10.1 Å². The van der Waals surface area contributed by atoms with E-state index in [9.17, 15) is 26.3 Å². The highest BCUT2D eigenvalue weighted by Gasteiger charge is 2.41. The zero-order valence-electron chi connectivity index (χ0n) is 17.1. The molecule has 0 aliphatic heterocycles. The Morgan fingerprint density at radius 3 is 1.70 bits per heavy atom. The maximum Gasteiger partial charge on any atom is 0.433 e. The summed E-state index contributed by atoms with van der Waals surface area (Å²) in [5.41, 5.74) is -3.11. The summed E-state index contributed by atoms with van der Waals surface area (Å²) in [5.74, 6) is 0.947. The van der Waals surface area contributed by atoms with Crippen molar-refractivity contribution in [2.24, 2.45) is 0 Å².